The number of aryl methyl sites for hydroxylation is 1. The molecule has 0 atom stereocenters. The van der Waals surface area contributed by atoms with Gasteiger partial charge < -0.3 is 10.5 Å². The van der Waals surface area contributed by atoms with Gasteiger partial charge in [0.25, 0.3) is 0 Å². The van der Waals surface area contributed by atoms with E-state index in [4.69, 9.17) is 22.1 Å². The third-order valence-electron chi connectivity index (χ3n) is 2.43. The molecule has 2 nitrogen and oxygen atoms in total. The summed E-state index contributed by atoms with van der Waals surface area (Å²) in [6, 6.07) is 5.54. The minimum absolute atomic E-state index is 0.681. The highest BCUT2D eigenvalue weighted by molar-refractivity contribution is 7.11. The van der Waals surface area contributed by atoms with E-state index in [2.05, 4.69) is 0 Å². The number of hydrogen-bond donors (Lipinski definition) is 1. The number of benzene rings is 1. The maximum atomic E-state index is 6.00. The lowest BCUT2D eigenvalue weighted by Gasteiger charge is -2.09. The van der Waals surface area contributed by atoms with Crippen LogP contribution in [-0.2, 0) is 0 Å². The van der Waals surface area contributed by atoms with Crippen LogP contribution in [0.5, 0.6) is 5.75 Å². The Morgan fingerprint density at radius 3 is 2.69 bits per heavy atom. The summed E-state index contributed by atoms with van der Waals surface area (Å²) < 4.78 is 5.32. The summed E-state index contributed by atoms with van der Waals surface area (Å²) in [5.41, 5.74) is 8.69. The SMILES string of the molecule is COc1ccc(Cl)cc1-c1c(N)csc1C. The lowest BCUT2D eigenvalue weighted by atomic mass is 10.0. The van der Waals surface area contributed by atoms with Gasteiger partial charge >= 0.3 is 0 Å². The lowest BCUT2D eigenvalue weighted by Crippen LogP contribution is -1.91. The average Bonchev–Trinajstić information content (AvgIpc) is 2.58. The van der Waals surface area contributed by atoms with Gasteiger partial charge in [0.1, 0.15) is 5.75 Å². The van der Waals surface area contributed by atoms with Gasteiger partial charge in [-0.25, -0.2) is 0 Å². The van der Waals surface area contributed by atoms with Gasteiger partial charge in [-0.2, -0.15) is 0 Å². The van der Waals surface area contributed by atoms with Crippen LogP contribution in [0.15, 0.2) is 23.6 Å². The molecular formula is C12H12ClNOS. The fraction of sp³-hybridized carbons (Fsp3) is 0.167. The number of nitrogen functional groups attached to an aromatic ring is 1. The standard InChI is InChI=1S/C12H12ClNOS/c1-7-12(10(14)6-16-7)9-5-8(13)3-4-11(9)15-2/h3-6H,14H2,1-2H3. The van der Waals surface area contributed by atoms with Crippen LogP contribution in [0.1, 0.15) is 4.88 Å². The van der Waals surface area contributed by atoms with Crippen molar-refractivity contribution in [3.8, 4) is 16.9 Å². The highest BCUT2D eigenvalue weighted by Crippen LogP contribution is 2.40. The lowest BCUT2D eigenvalue weighted by molar-refractivity contribution is 0.416. The predicted molar refractivity (Wildman–Crippen MR) is 70.5 cm³/mol. The molecule has 0 fully saturated rings. The van der Waals surface area contributed by atoms with E-state index in [1.165, 1.54) is 0 Å². The van der Waals surface area contributed by atoms with Crippen LogP contribution < -0.4 is 10.5 Å². The first-order valence-electron chi connectivity index (χ1n) is 4.81. The van der Waals surface area contributed by atoms with Crippen molar-refractivity contribution >= 4 is 28.6 Å². The number of methoxy groups -OCH3 is 1. The Kier molecular flexibility index (Phi) is 3.08. The Balaban J connectivity index is 2.67. The molecule has 2 aromatic rings. The van der Waals surface area contributed by atoms with E-state index in [0.29, 0.717) is 5.02 Å². The maximum absolute atomic E-state index is 6.00. The van der Waals surface area contributed by atoms with Crippen molar-refractivity contribution in [3.05, 3.63) is 33.5 Å². The molecule has 0 saturated heterocycles. The third kappa shape index (κ3) is 1.88. The van der Waals surface area contributed by atoms with E-state index < -0.39 is 0 Å². The number of thiophene rings is 1. The number of rotatable bonds is 2. The molecule has 4 heteroatoms. The van der Waals surface area contributed by atoms with Crippen LogP contribution >= 0.6 is 22.9 Å². The van der Waals surface area contributed by atoms with Crippen LogP contribution in [0.2, 0.25) is 5.02 Å². The second kappa shape index (κ2) is 4.36. The molecule has 1 aromatic heterocycles. The summed E-state index contributed by atoms with van der Waals surface area (Å²) in [7, 11) is 1.64. The Bertz CT molecular complexity index is 502. The zero-order chi connectivity index (χ0) is 11.7. The van der Waals surface area contributed by atoms with E-state index in [-0.39, 0.29) is 0 Å². The Labute approximate surface area is 104 Å². The quantitative estimate of drug-likeness (QED) is 0.879. The van der Waals surface area contributed by atoms with Crippen molar-refractivity contribution in [2.45, 2.75) is 6.92 Å². The van der Waals surface area contributed by atoms with Gasteiger partial charge in [-0.05, 0) is 25.1 Å². The number of halogens is 1. The molecule has 1 heterocycles. The molecule has 16 heavy (non-hydrogen) atoms. The summed E-state index contributed by atoms with van der Waals surface area (Å²) in [4.78, 5) is 1.16. The van der Waals surface area contributed by atoms with Gasteiger partial charge in [-0.1, -0.05) is 11.6 Å². The van der Waals surface area contributed by atoms with Crippen LogP contribution in [0.3, 0.4) is 0 Å². The van der Waals surface area contributed by atoms with E-state index in [1.807, 2.05) is 30.5 Å². The first-order valence-corrected chi connectivity index (χ1v) is 6.06. The van der Waals surface area contributed by atoms with E-state index in [9.17, 15) is 0 Å². The molecule has 2 N–H and O–H groups in total. The van der Waals surface area contributed by atoms with Crippen molar-refractivity contribution in [1.82, 2.24) is 0 Å². The topological polar surface area (TPSA) is 35.2 Å². The summed E-state index contributed by atoms with van der Waals surface area (Å²) in [6.07, 6.45) is 0. The number of nitrogens with two attached hydrogens (primary N) is 1. The first-order chi connectivity index (χ1) is 7.63. The molecule has 0 aliphatic heterocycles. The van der Waals surface area contributed by atoms with Gasteiger partial charge in [0.15, 0.2) is 0 Å². The number of hydrogen-bond acceptors (Lipinski definition) is 3. The summed E-state index contributed by atoms with van der Waals surface area (Å²) in [5, 5.41) is 2.62. The van der Waals surface area contributed by atoms with Crippen LogP contribution in [-0.4, -0.2) is 7.11 Å². The van der Waals surface area contributed by atoms with Gasteiger partial charge in [-0.3, -0.25) is 0 Å². The Hall–Kier alpha value is -1.19. The Morgan fingerprint density at radius 1 is 1.38 bits per heavy atom. The third-order valence-corrected chi connectivity index (χ3v) is 3.60. The van der Waals surface area contributed by atoms with Crippen molar-refractivity contribution < 1.29 is 4.74 Å². The molecule has 0 aliphatic rings. The molecule has 1 aromatic carbocycles. The minimum Gasteiger partial charge on any atom is -0.496 e. The van der Waals surface area contributed by atoms with Crippen molar-refractivity contribution in [2.75, 3.05) is 12.8 Å². The molecule has 0 saturated carbocycles. The molecule has 0 spiro atoms. The number of ether oxygens (including phenoxy) is 1. The monoisotopic (exact) mass is 253 g/mol. The fourth-order valence-electron chi connectivity index (χ4n) is 1.69. The van der Waals surface area contributed by atoms with Gasteiger partial charge in [0.2, 0.25) is 0 Å². The molecular weight excluding hydrogens is 242 g/mol. The van der Waals surface area contributed by atoms with Crippen molar-refractivity contribution in [1.29, 1.82) is 0 Å². The van der Waals surface area contributed by atoms with Crippen LogP contribution in [0.4, 0.5) is 5.69 Å². The molecule has 0 bridgehead atoms. The normalized spacial score (nSPS) is 10.4. The van der Waals surface area contributed by atoms with Crippen molar-refractivity contribution in [2.24, 2.45) is 0 Å². The molecule has 0 unspecified atom stereocenters. The smallest absolute Gasteiger partial charge is 0.126 e. The highest BCUT2D eigenvalue weighted by Gasteiger charge is 2.13. The van der Waals surface area contributed by atoms with E-state index in [1.54, 1.807) is 18.4 Å². The zero-order valence-electron chi connectivity index (χ0n) is 9.08. The van der Waals surface area contributed by atoms with Gasteiger partial charge in [0.05, 0.1) is 12.8 Å². The number of anilines is 1. The summed E-state index contributed by atoms with van der Waals surface area (Å²) in [5.74, 6) is 0.789. The second-order valence-electron chi connectivity index (χ2n) is 3.47. The van der Waals surface area contributed by atoms with E-state index >= 15 is 0 Å². The zero-order valence-corrected chi connectivity index (χ0v) is 10.7. The summed E-state index contributed by atoms with van der Waals surface area (Å²) >= 11 is 7.63. The molecule has 2 rings (SSSR count). The van der Waals surface area contributed by atoms with Crippen LogP contribution in [0, 0.1) is 6.92 Å². The Morgan fingerprint density at radius 2 is 2.12 bits per heavy atom. The molecule has 0 amide bonds. The van der Waals surface area contributed by atoms with Crippen LogP contribution in [0.25, 0.3) is 11.1 Å². The largest absolute Gasteiger partial charge is 0.496 e. The molecule has 0 aliphatic carbocycles. The maximum Gasteiger partial charge on any atom is 0.126 e. The van der Waals surface area contributed by atoms with Gasteiger partial charge in [-0.15, -0.1) is 11.3 Å². The first kappa shape index (κ1) is 11.3. The molecule has 84 valence electrons. The van der Waals surface area contributed by atoms with Crippen molar-refractivity contribution in [3.63, 3.8) is 0 Å². The van der Waals surface area contributed by atoms with E-state index in [0.717, 1.165) is 27.4 Å². The highest BCUT2D eigenvalue weighted by atomic mass is 35.5. The summed E-state index contributed by atoms with van der Waals surface area (Å²) in [6.45, 7) is 2.04. The minimum atomic E-state index is 0.681. The average molecular weight is 254 g/mol. The molecule has 0 radical (unpaired) electrons. The van der Waals surface area contributed by atoms with Gasteiger partial charge in [0, 0.05) is 26.4 Å². The predicted octanol–water partition coefficient (Wildman–Crippen LogP) is 3.97. The fourth-order valence-corrected chi connectivity index (χ4v) is 2.63. The second-order valence-corrected chi connectivity index (χ2v) is 4.99.